The molecule has 0 heterocycles. The van der Waals surface area contributed by atoms with Crippen molar-refractivity contribution in [2.45, 2.75) is 46.5 Å². The van der Waals surface area contributed by atoms with Gasteiger partial charge < -0.3 is 4.52 Å². The molecule has 8 heteroatoms. The topological polar surface area (TPSA) is 69.2 Å². The van der Waals surface area contributed by atoms with Crippen LogP contribution in [-0.2, 0) is 20.9 Å². The van der Waals surface area contributed by atoms with Crippen LogP contribution in [0.1, 0.15) is 61.0 Å². The molecule has 0 unspecified atom stereocenters. The van der Waals surface area contributed by atoms with E-state index in [1.165, 1.54) is 0 Å². The fraction of sp³-hybridized carbons (Fsp3) is 0.391. The summed E-state index contributed by atoms with van der Waals surface area (Å²) in [7, 11) is 0. The highest BCUT2D eigenvalue weighted by atomic mass is 32.5. The predicted octanol–water partition coefficient (Wildman–Crippen LogP) is 6.00. The second kappa shape index (κ2) is 13.4. The SMILES string of the molecule is CCCCOP(=S)(OCCCC)Oc1cccc(C=NNC(=O)c2ccc(C)cc2)c1. The zero-order valence-electron chi connectivity index (χ0n) is 18.4. The highest BCUT2D eigenvalue weighted by Gasteiger charge is 2.22. The Labute approximate surface area is 190 Å². The molecule has 2 aromatic carbocycles. The van der Waals surface area contributed by atoms with Gasteiger partial charge in [0, 0.05) is 17.4 Å². The van der Waals surface area contributed by atoms with Gasteiger partial charge in [0.25, 0.3) is 5.91 Å². The number of carbonyl (C=O) groups is 1. The van der Waals surface area contributed by atoms with Crippen LogP contribution in [0.4, 0.5) is 0 Å². The number of unbranched alkanes of at least 4 members (excludes halogenated alkanes) is 2. The molecule has 0 saturated carbocycles. The van der Waals surface area contributed by atoms with Crippen molar-refractivity contribution in [2.24, 2.45) is 5.10 Å². The number of hydrogen-bond donors (Lipinski definition) is 1. The number of hydrogen-bond acceptors (Lipinski definition) is 6. The van der Waals surface area contributed by atoms with Crippen LogP contribution >= 0.6 is 6.72 Å². The van der Waals surface area contributed by atoms with E-state index in [0.717, 1.165) is 36.8 Å². The van der Waals surface area contributed by atoms with Gasteiger partial charge in [-0.05, 0) is 49.6 Å². The third-order valence-corrected chi connectivity index (χ3v) is 6.55. The van der Waals surface area contributed by atoms with Crippen molar-refractivity contribution in [1.82, 2.24) is 5.43 Å². The predicted molar refractivity (Wildman–Crippen MR) is 129 cm³/mol. The van der Waals surface area contributed by atoms with E-state index in [0.29, 0.717) is 24.5 Å². The molecule has 0 aliphatic heterocycles. The fourth-order valence-electron chi connectivity index (χ4n) is 2.45. The third-order valence-electron chi connectivity index (χ3n) is 4.26. The van der Waals surface area contributed by atoms with Gasteiger partial charge in [-0.1, -0.05) is 56.5 Å². The summed E-state index contributed by atoms with van der Waals surface area (Å²) in [4.78, 5) is 12.2. The first kappa shape index (κ1) is 25.2. The molecule has 0 aliphatic rings. The average molecular weight is 463 g/mol. The summed E-state index contributed by atoms with van der Waals surface area (Å²) in [5.74, 6) is 0.276. The zero-order chi connectivity index (χ0) is 22.5. The summed E-state index contributed by atoms with van der Waals surface area (Å²) in [6.45, 7) is 4.27. The fourth-order valence-corrected chi connectivity index (χ4v) is 4.41. The second-order valence-electron chi connectivity index (χ2n) is 7.05. The molecule has 31 heavy (non-hydrogen) atoms. The summed E-state index contributed by atoms with van der Waals surface area (Å²) in [6, 6.07) is 14.6. The Morgan fingerprint density at radius 2 is 1.71 bits per heavy atom. The van der Waals surface area contributed by atoms with Crippen molar-refractivity contribution >= 4 is 30.6 Å². The first-order valence-electron chi connectivity index (χ1n) is 10.5. The van der Waals surface area contributed by atoms with Gasteiger partial charge in [0.15, 0.2) is 0 Å². The quantitative estimate of drug-likeness (QED) is 0.171. The molecule has 0 radical (unpaired) electrons. The largest absolute Gasteiger partial charge is 0.424 e. The van der Waals surface area contributed by atoms with Gasteiger partial charge in [0.2, 0.25) is 0 Å². The molecule has 0 atom stereocenters. The Balaban J connectivity index is 2.01. The van der Waals surface area contributed by atoms with Crippen LogP contribution in [0, 0.1) is 6.92 Å². The lowest BCUT2D eigenvalue weighted by Gasteiger charge is -2.22. The van der Waals surface area contributed by atoms with Crippen molar-refractivity contribution in [3.63, 3.8) is 0 Å². The number of aryl methyl sites for hydroxylation is 1. The van der Waals surface area contributed by atoms with Crippen LogP contribution in [0.25, 0.3) is 0 Å². The Morgan fingerprint density at radius 3 is 2.32 bits per heavy atom. The van der Waals surface area contributed by atoms with E-state index in [-0.39, 0.29) is 5.91 Å². The van der Waals surface area contributed by atoms with Crippen LogP contribution in [0.15, 0.2) is 53.6 Å². The highest BCUT2D eigenvalue weighted by molar-refractivity contribution is 8.07. The molecule has 2 aromatic rings. The van der Waals surface area contributed by atoms with Crippen LogP contribution in [0.5, 0.6) is 5.75 Å². The lowest BCUT2D eigenvalue weighted by Crippen LogP contribution is -2.17. The molecule has 0 spiro atoms. The van der Waals surface area contributed by atoms with E-state index in [1.54, 1.807) is 30.5 Å². The average Bonchev–Trinajstić information content (AvgIpc) is 2.75. The molecular weight excluding hydrogens is 431 g/mol. The lowest BCUT2D eigenvalue weighted by atomic mass is 10.1. The van der Waals surface area contributed by atoms with E-state index in [9.17, 15) is 4.79 Å². The molecule has 0 bridgehead atoms. The molecule has 0 fully saturated rings. The maximum absolute atomic E-state index is 12.2. The maximum atomic E-state index is 12.2. The first-order chi connectivity index (χ1) is 15.0. The normalized spacial score (nSPS) is 11.6. The van der Waals surface area contributed by atoms with Crippen molar-refractivity contribution < 1.29 is 18.4 Å². The van der Waals surface area contributed by atoms with E-state index < -0.39 is 6.72 Å². The van der Waals surface area contributed by atoms with Gasteiger partial charge in [0.1, 0.15) is 5.75 Å². The van der Waals surface area contributed by atoms with E-state index >= 15 is 0 Å². The van der Waals surface area contributed by atoms with Crippen LogP contribution in [0.2, 0.25) is 0 Å². The first-order valence-corrected chi connectivity index (χ1v) is 13.1. The minimum atomic E-state index is -2.89. The summed E-state index contributed by atoms with van der Waals surface area (Å²) in [5, 5.41) is 4.04. The van der Waals surface area contributed by atoms with Gasteiger partial charge in [-0.3, -0.25) is 13.8 Å². The van der Waals surface area contributed by atoms with Crippen LogP contribution in [-0.4, -0.2) is 25.3 Å². The maximum Gasteiger partial charge on any atom is 0.380 e. The summed E-state index contributed by atoms with van der Waals surface area (Å²) >= 11 is 5.59. The van der Waals surface area contributed by atoms with Gasteiger partial charge in [-0.15, -0.1) is 0 Å². The monoisotopic (exact) mass is 462 g/mol. The molecule has 168 valence electrons. The van der Waals surface area contributed by atoms with Crippen molar-refractivity contribution in [3.05, 3.63) is 65.2 Å². The lowest BCUT2D eigenvalue weighted by molar-refractivity contribution is 0.0955. The van der Waals surface area contributed by atoms with Gasteiger partial charge in [0.05, 0.1) is 19.4 Å². The van der Waals surface area contributed by atoms with Gasteiger partial charge in [-0.25, -0.2) is 5.43 Å². The minimum absolute atomic E-state index is 0.271. The number of nitrogens with one attached hydrogen (secondary N) is 1. The minimum Gasteiger partial charge on any atom is -0.424 e. The Bertz CT molecular complexity index is 889. The zero-order valence-corrected chi connectivity index (χ0v) is 20.1. The smallest absolute Gasteiger partial charge is 0.380 e. The molecule has 2 rings (SSSR count). The van der Waals surface area contributed by atoms with E-state index in [4.69, 9.17) is 25.4 Å². The van der Waals surface area contributed by atoms with Crippen LogP contribution in [0.3, 0.4) is 0 Å². The number of amides is 1. The third kappa shape index (κ3) is 9.32. The number of rotatable bonds is 13. The summed E-state index contributed by atoms with van der Waals surface area (Å²) < 4.78 is 17.6. The molecule has 1 N–H and O–H groups in total. The van der Waals surface area contributed by atoms with Crippen molar-refractivity contribution in [3.8, 4) is 5.75 Å². The standard InChI is InChI=1S/C23H31N2O4PS/c1-4-6-15-27-30(31,28-16-7-5-2)29-22-10-8-9-20(17-22)18-24-25-23(26)21-13-11-19(3)12-14-21/h8-14,17-18H,4-7,15-16H2,1-3H3,(H,25,26). The second-order valence-corrected chi connectivity index (χ2v) is 9.98. The summed E-state index contributed by atoms with van der Waals surface area (Å²) in [6.07, 6.45) is 5.35. The molecule has 0 aromatic heterocycles. The number of carbonyl (C=O) groups excluding carboxylic acids is 1. The van der Waals surface area contributed by atoms with E-state index in [2.05, 4.69) is 24.4 Å². The molecule has 0 saturated heterocycles. The molecule has 1 amide bonds. The molecular formula is C23H31N2O4PS. The van der Waals surface area contributed by atoms with Gasteiger partial charge in [-0.2, -0.15) is 5.10 Å². The van der Waals surface area contributed by atoms with Crippen molar-refractivity contribution in [1.29, 1.82) is 0 Å². The number of benzene rings is 2. The molecule has 6 nitrogen and oxygen atoms in total. The van der Waals surface area contributed by atoms with Crippen LogP contribution < -0.4 is 9.95 Å². The summed E-state index contributed by atoms with van der Waals surface area (Å²) in [5.41, 5.74) is 4.93. The number of hydrazone groups is 1. The Kier molecular flexibility index (Phi) is 10.9. The highest BCUT2D eigenvalue weighted by Crippen LogP contribution is 2.50. The van der Waals surface area contributed by atoms with Gasteiger partial charge >= 0.3 is 6.72 Å². The Morgan fingerprint density at radius 1 is 1.06 bits per heavy atom. The van der Waals surface area contributed by atoms with E-state index in [1.807, 2.05) is 31.2 Å². The molecule has 0 aliphatic carbocycles. The number of nitrogens with zero attached hydrogens (tertiary/aromatic N) is 1. The Hall–Kier alpha value is -2.05. The van der Waals surface area contributed by atoms with Crippen molar-refractivity contribution in [2.75, 3.05) is 13.2 Å².